The predicted molar refractivity (Wildman–Crippen MR) is 101 cm³/mol. The summed E-state index contributed by atoms with van der Waals surface area (Å²) in [6.45, 7) is 1.90. The van der Waals surface area contributed by atoms with Crippen molar-refractivity contribution in [2.75, 3.05) is 12.8 Å². The van der Waals surface area contributed by atoms with E-state index in [1.54, 1.807) is 29.8 Å². The maximum Gasteiger partial charge on any atom is 0.257 e. The van der Waals surface area contributed by atoms with Crippen LogP contribution in [-0.2, 0) is 0 Å². The summed E-state index contributed by atoms with van der Waals surface area (Å²) in [5, 5.41) is 12.5. The number of para-hydroxylation sites is 2. The van der Waals surface area contributed by atoms with E-state index in [0.717, 1.165) is 5.56 Å². The van der Waals surface area contributed by atoms with Gasteiger partial charge >= 0.3 is 0 Å². The average molecular weight is 347 g/mol. The molecular weight excluding hydrogens is 330 g/mol. The van der Waals surface area contributed by atoms with Crippen molar-refractivity contribution in [3.8, 4) is 11.4 Å². The van der Waals surface area contributed by atoms with Crippen LogP contribution in [0.4, 0.5) is 5.82 Å². The number of phenols is 1. The molecule has 0 saturated heterocycles. The highest BCUT2D eigenvalue weighted by Gasteiger charge is 2.24. The Bertz CT molecular complexity index is 1180. The minimum atomic E-state index is -0.339. The third-order valence-electron chi connectivity index (χ3n) is 4.39. The largest absolute Gasteiger partial charge is 0.508 e. The van der Waals surface area contributed by atoms with Crippen LogP contribution in [0.25, 0.3) is 27.9 Å². The average Bonchev–Trinajstić information content (AvgIpc) is 2.92. The van der Waals surface area contributed by atoms with Crippen molar-refractivity contribution in [3.63, 3.8) is 0 Å². The highest BCUT2D eigenvalue weighted by atomic mass is 16.3. The quantitative estimate of drug-likeness (QED) is 0.517. The van der Waals surface area contributed by atoms with Crippen molar-refractivity contribution >= 4 is 33.9 Å². The number of phenolic OH excluding ortho intramolecular Hbond substituents is 1. The first-order valence-corrected chi connectivity index (χ1v) is 8.10. The van der Waals surface area contributed by atoms with Gasteiger partial charge in [0.15, 0.2) is 5.65 Å². The molecule has 4 rings (SSSR count). The molecular formula is C19H17N5O2. The van der Waals surface area contributed by atoms with Crippen molar-refractivity contribution in [2.45, 2.75) is 6.92 Å². The molecule has 4 aromatic rings. The molecule has 0 fully saturated rings. The molecule has 0 atom stereocenters. The molecule has 2 heterocycles. The molecule has 0 radical (unpaired) electrons. The van der Waals surface area contributed by atoms with Gasteiger partial charge in [-0.3, -0.25) is 9.36 Å². The number of aromatic hydroxyl groups is 1. The Morgan fingerprint density at radius 1 is 1.15 bits per heavy atom. The van der Waals surface area contributed by atoms with Gasteiger partial charge in [-0.2, -0.15) is 0 Å². The number of aromatic nitrogens is 3. The van der Waals surface area contributed by atoms with Gasteiger partial charge in [-0.05, 0) is 30.7 Å². The number of rotatable bonds is 2. The lowest BCUT2D eigenvalue weighted by molar-refractivity contribution is 0.0965. The monoisotopic (exact) mass is 347 g/mol. The number of carbonyl (C=O) groups excluding carboxylic acids is 1. The van der Waals surface area contributed by atoms with Crippen LogP contribution < -0.4 is 11.1 Å². The van der Waals surface area contributed by atoms with Gasteiger partial charge < -0.3 is 16.2 Å². The zero-order valence-corrected chi connectivity index (χ0v) is 14.3. The minimum Gasteiger partial charge on any atom is -0.508 e. The van der Waals surface area contributed by atoms with Gasteiger partial charge in [0, 0.05) is 13.1 Å². The maximum absolute atomic E-state index is 12.5. The van der Waals surface area contributed by atoms with Gasteiger partial charge in [-0.25, -0.2) is 9.97 Å². The lowest BCUT2D eigenvalue weighted by atomic mass is 10.2. The van der Waals surface area contributed by atoms with Gasteiger partial charge in [-0.15, -0.1) is 0 Å². The molecule has 0 aliphatic carbocycles. The lowest BCUT2D eigenvalue weighted by Crippen LogP contribution is -2.19. The second kappa shape index (κ2) is 5.73. The van der Waals surface area contributed by atoms with Crippen molar-refractivity contribution in [1.29, 1.82) is 0 Å². The van der Waals surface area contributed by atoms with Crippen LogP contribution in [-0.4, -0.2) is 32.6 Å². The molecule has 2 aromatic carbocycles. The molecule has 0 unspecified atom stereocenters. The Labute approximate surface area is 149 Å². The summed E-state index contributed by atoms with van der Waals surface area (Å²) in [5.74, 6) is -0.0147. The van der Waals surface area contributed by atoms with E-state index in [1.807, 2.05) is 31.2 Å². The highest BCUT2D eigenvalue weighted by molar-refractivity contribution is 6.11. The van der Waals surface area contributed by atoms with E-state index in [1.165, 1.54) is 0 Å². The van der Waals surface area contributed by atoms with Gasteiger partial charge in [0.05, 0.1) is 16.7 Å². The molecule has 2 aromatic heterocycles. The number of nitrogens with two attached hydrogens (primary N) is 1. The predicted octanol–water partition coefficient (Wildman–Crippen LogP) is 2.53. The van der Waals surface area contributed by atoms with E-state index in [0.29, 0.717) is 27.9 Å². The second-order valence-electron chi connectivity index (χ2n) is 6.03. The summed E-state index contributed by atoms with van der Waals surface area (Å²) >= 11 is 0. The lowest BCUT2D eigenvalue weighted by Gasteiger charge is -2.11. The molecule has 4 N–H and O–H groups in total. The van der Waals surface area contributed by atoms with Gasteiger partial charge in [0.1, 0.15) is 22.6 Å². The first-order chi connectivity index (χ1) is 12.5. The SMILES string of the molecule is CNC(=O)c1c(N)n(-c2cc(O)ccc2C)c2nc3ccccc3nc12. The number of nitrogen functional groups attached to an aromatic ring is 1. The van der Waals surface area contributed by atoms with E-state index < -0.39 is 0 Å². The molecule has 7 nitrogen and oxygen atoms in total. The Morgan fingerprint density at radius 2 is 1.85 bits per heavy atom. The fourth-order valence-corrected chi connectivity index (χ4v) is 3.09. The number of anilines is 1. The molecule has 0 spiro atoms. The number of amides is 1. The van der Waals surface area contributed by atoms with Crippen LogP contribution in [0.5, 0.6) is 5.75 Å². The van der Waals surface area contributed by atoms with Gasteiger partial charge in [-0.1, -0.05) is 18.2 Å². The fourth-order valence-electron chi connectivity index (χ4n) is 3.09. The summed E-state index contributed by atoms with van der Waals surface area (Å²) in [5.41, 5.74) is 10.4. The summed E-state index contributed by atoms with van der Waals surface area (Å²) in [7, 11) is 1.54. The Hall–Kier alpha value is -3.61. The Morgan fingerprint density at radius 3 is 2.54 bits per heavy atom. The third-order valence-corrected chi connectivity index (χ3v) is 4.39. The molecule has 0 bridgehead atoms. The smallest absolute Gasteiger partial charge is 0.257 e. The number of hydrogen-bond acceptors (Lipinski definition) is 5. The number of nitrogens with zero attached hydrogens (tertiary/aromatic N) is 3. The topological polar surface area (TPSA) is 106 Å². The number of carbonyl (C=O) groups is 1. The number of benzene rings is 2. The molecule has 1 amide bonds. The van der Waals surface area contributed by atoms with Crippen LogP contribution in [0.3, 0.4) is 0 Å². The standard InChI is InChI=1S/C19H17N5O2/c1-10-7-8-11(25)9-14(10)24-17(20)15(19(26)21-2)16-18(24)23-13-6-4-3-5-12(13)22-16/h3-9,25H,20H2,1-2H3,(H,21,26). The molecule has 0 aliphatic heterocycles. The molecule has 7 heteroatoms. The van der Waals surface area contributed by atoms with Crippen molar-refractivity contribution < 1.29 is 9.90 Å². The number of fused-ring (bicyclic) bond motifs is 2. The molecule has 26 heavy (non-hydrogen) atoms. The Kier molecular flexibility index (Phi) is 3.50. The van der Waals surface area contributed by atoms with Crippen molar-refractivity contribution in [2.24, 2.45) is 0 Å². The summed E-state index contributed by atoms with van der Waals surface area (Å²) in [4.78, 5) is 21.8. The molecule has 0 saturated carbocycles. The van der Waals surface area contributed by atoms with Gasteiger partial charge in [0.25, 0.3) is 5.91 Å². The summed E-state index contributed by atoms with van der Waals surface area (Å²) < 4.78 is 1.66. The third kappa shape index (κ3) is 2.25. The van der Waals surface area contributed by atoms with Crippen molar-refractivity contribution in [1.82, 2.24) is 19.9 Å². The van der Waals surface area contributed by atoms with Crippen LogP contribution in [0.2, 0.25) is 0 Å². The zero-order valence-electron chi connectivity index (χ0n) is 14.3. The maximum atomic E-state index is 12.5. The first-order valence-electron chi connectivity index (χ1n) is 8.10. The van der Waals surface area contributed by atoms with E-state index >= 15 is 0 Å². The first kappa shape index (κ1) is 15.9. The van der Waals surface area contributed by atoms with Crippen molar-refractivity contribution in [3.05, 3.63) is 53.6 Å². The second-order valence-corrected chi connectivity index (χ2v) is 6.03. The zero-order chi connectivity index (χ0) is 18.4. The Balaban J connectivity index is 2.18. The molecule has 0 aliphatic rings. The number of aryl methyl sites for hydroxylation is 1. The fraction of sp³-hybridized carbons (Fsp3) is 0.105. The van der Waals surface area contributed by atoms with E-state index in [4.69, 9.17) is 5.73 Å². The van der Waals surface area contributed by atoms with Gasteiger partial charge in [0.2, 0.25) is 0 Å². The normalized spacial score (nSPS) is 11.2. The number of nitrogens with one attached hydrogen (secondary N) is 1. The van der Waals surface area contributed by atoms with Crippen LogP contribution in [0.15, 0.2) is 42.5 Å². The van der Waals surface area contributed by atoms with E-state index in [-0.39, 0.29) is 23.0 Å². The van der Waals surface area contributed by atoms with Crippen LogP contribution in [0.1, 0.15) is 15.9 Å². The van der Waals surface area contributed by atoms with Crippen LogP contribution in [0, 0.1) is 6.92 Å². The highest BCUT2D eigenvalue weighted by Crippen LogP contribution is 2.33. The van der Waals surface area contributed by atoms with Crippen LogP contribution >= 0.6 is 0 Å². The summed E-state index contributed by atoms with van der Waals surface area (Å²) in [6.07, 6.45) is 0. The van der Waals surface area contributed by atoms with E-state index in [2.05, 4.69) is 15.3 Å². The van der Waals surface area contributed by atoms with E-state index in [9.17, 15) is 9.90 Å². The summed E-state index contributed by atoms with van der Waals surface area (Å²) in [6, 6.07) is 12.4. The minimum absolute atomic E-state index is 0.0992. The molecule has 130 valence electrons. The number of hydrogen-bond donors (Lipinski definition) is 3.